The minimum atomic E-state index is -0.988. The van der Waals surface area contributed by atoms with E-state index in [1.165, 1.54) is 6.20 Å². The van der Waals surface area contributed by atoms with Gasteiger partial charge in [0, 0.05) is 17.1 Å². The van der Waals surface area contributed by atoms with Crippen molar-refractivity contribution in [2.24, 2.45) is 0 Å². The van der Waals surface area contributed by atoms with Crippen LogP contribution >= 0.6 is 0 Å². The number of hydrogen-bond acceptors (Lipinski definition) is 1. The molecule has 1 heterocycles. The lowest BCUT2D eigenvalue weighted by atomic mass is 10.1. The molecule has 2 N–H and O–H groups in total. The van der Waals surface area contributed by atoms with E-state index in [-0.39, 0.29) is 5.56 Å². The van der Waals surface area contributed by atoms with E-state index in [4.69, 9.17) is 11.7 Å². The molecule has 0 unspecified atom stereocenters. The molecule has 2 aromatic rings. The number of nitrogens with one attached hydrogen (secondary N) is 1. The highest BCUT2D eigenvalue weighted by Gasteiger charge is 2.10. The van der Waals surface area contributed by atoms with Crippen molar-refractivity contribution in [3.63, 3.8) is 0 Å². The third-order valence-corrected chi connectivity index (χ3v) is 2.02. The van der Waals surface area contributed by atoms with Gasteiger partial charge in [0.05, 0.1) is 12.1 Å². The zero-order chi connectivity index (χ0) is 10.1. The minimum absolute atomic E-state index is 0.200. The monoisotopic (exact) mass is 186 g/mol. The molecule has 2 rings (SSSR count). The molecular formula is C10H6N2O2. The smallest absolute Gasteiger partial charge is 0.337 e. The Bertz CT molecular complexity index is 549. The van der Waals surface area contributed by atoms with Gasteiger partial charge in [-0.05, 0) is 12.1 Å². The second-order valence-corrected chi connectivity index (χ2v) is 2.85. The predicted molar refractivity (Wildman–Crippen MR) is 51.5 cm³/mol. The molecule has 0 aliphatic heterocycles. The van der Waals surface area contributed by atoms with Gasteiger partial charge in [-0.2, -0.15) is 0 Å². The topological polar surface area (TPSA) is 57.5 Å². The molecule has 0 radical (unpaired) electrons. The Morgan fingerprint density at radius 2 is 2.29 bits per heavy atom. The molecule has 0 fully saturated rings. The summed E-state index contributed by atoms with van der Waals surface area (Å²) in [7, 11) is 0. The van der Waals surface area contributed by atoms with Gasteiger partial charge < -0.3 is 10.1 Å². The Balaban J connectivity index is 2.77. The number of aromatic carboxylic acids is 1. The largest absolute Gasteiger partial charge is 0.478 e. The van der Waals surface area contributed by atoms with E-state index in [0.717, 1.165) is 5.52 Å². The second-order valence-electron chi connectivity index (χ2n) is 2.85. The lowest BCUT2D eigenvalue weighted by molar-refractivity contribution is 0.0699. The first-order valence-corrected chi connectivity index (χ1v) is 3.94. The maximum Gasteiger partial charge on any atom is 0.337 e. The zero-order valence-corrected chi connectivity index (χ0v) is 7.11. The van der Waals surface area contributed by atoms with Crippen molar-refractivity contribution < 1.29 is 9.90 Å². The highest BCUT2D eigenvalue weighted by Crippen LogP contribution is 2.23. The fourth-order valence-corrected chi connectivity index (χ4v) is 1.36. The van der Waals surface area contributed by atoms with Gasteiger partial charge in [-0.1, -0.05) is 6.07 Å². The number of fused-ring (bicyclic) bond motifs is 1. The van der Waals surface area contributed by atoms with Crippen LogP contribution in [0.2, 0.25) is 0 Å². The second kappa shape index (κ2) is 2.89. The summed E-state index contributed by atoms with van der Waals surface area (Å²) in [6.07, 6.45) is 1.43. The highest BCUT2D eigenvalue weighted by atomic mass is 16.4. The average molecular weight is 186 g/mol. The van der Waals surface area contributed by atoms with Crippen molar-refractivity contribution in [3.8, 4) is 0 Å². The van der Waals surface area contributed by atoms with Gasteiger partial charge in [-0.15, -0.1) is 0 Å². The fourth-order valence-electron chi connectivity index (χ4n) is 1.36. The van der Waals surface area contributed by atoms with Crippen LogP contribution in [0.3, 0.4) is 0 Å². The van der Waals surface area contributed by atoms with Gasteiger partial charge in [0.1, 0.15) is 0 Å². The molecule has 1 aromatic heterocycles. The van der Waals surface area contributed by atoms with Gasteiger partial charge in [0.15, 0.2) is 5.69 Å². The number of hydrogen-bond donors (Lipinski definition) is 2. The quantitative estimate of drug-likeness (QED) is 0.672. The van der Waals surface area contributed by atoms with Crippen molar-refractivity contribution >= 4 is 22.6 Å². The first-order chi connectivity index (χ1) is 6.72. The molecule has 1 aromatic carbocycles. The molecule has 0 saturated carbocycles. The molecule has 0 bridgehead atoms. The Morgan fingerprint density at radius 3 is 2.93 bits per heavy atom. The summed E-state index contributed by atoms with van der Waals surface area (Å²) >= 11 is 0. The number of benzene rings is 1. The maximum atomic E-state index is 10.8. The maximum absolute atomic E-state index is 10.8. The van der Waals surface area contributed by atoms with Gasteiger partial charge in [0.25, 0.3) is 0 Å². The van der Waals surface area contributed by atoms with Crippen LogP contribution in [-0.4, -0.2) is 16.1 Å². The Labute approximate surface area is 79.6 Å². The van der Waals surface area contributed by atoms with Crippen LogP contribution in [0.4, 0.5) is 5.69 Å². The van der Waals surface area contributed by atoms with Crippen molar-refractivity contribution in [2.45, 2.75) is 0 Å². The Kier molecular flexibility index (Phi) is 1.72. The van der Waals surface area contributed by atoms with E-state index >= 15 is 0 Å². The van der Waals surface area contributed by atoms with Gasteiger partial charge in [0.2, 0.25) is 0 Å². The molecule has 14 heavy (non-hydrogen) atoms. The minimum Gasteiger partial charge on any atom is -0.478 e. The summed E-state index contributed by atoms with van der Waals surface area (Å²) in [4.78, 5) is 16.9. The normalized spacial score (nSPS) is 9.93. The van der Waals surface area contributed by atoms with Crippen LogP contribution in [0.25, 0.3) is 15.7 Å². The van der Waals surface area contributed by atoms with E-state index in [1.807, 2.05) is 0 Å². The SMILES string of the molecule is [C-]#[N+]c1ccc2[nH]cc(C(=O)O)c2c1. The average Bonchev–Trinajstić information content (AvgIpc) is 2.59. The first kappa shape index (κ1) is 8.32. The number of H-pyrrole nitrogens is 1. The summed E-state index contributed by atoms with van der Waals surface area (Å²) in [5.41, 5.74) is 1.37. The molecule has 4 nitrogen and oxygen atoms in total. The molecule has 0 spiro atoms. The molecule has 4 heteroatoms. The summed E-state index contributed by atoms with van der Waals surface area (Å²) in [5, 5.41) is 9.41. The van der Waals surface area contributed by atoms with E-state index in [0.29, 0.717) is 11.1 Å². The van der Waals surface area contributed by atoms with Crippen LogP contribution in [0.1, 0.15) is 10.4 Å². The number of rotatable bonds is 1. The molecule has 0 saturated heterocycles. The molecule has 0 atom stereocenters. The summed E-state index contributed by atoms with van der Waals surface area (Å²) < 4.78 is 0. The fraction of sp³-hybridized carbons (Fsp3) is 0. The third-order valence-electron chi connectivity index (χ3n) is 2.02. The van der Waals surface area contributed by atoms with Crippen LogP contribution < -0.4 is 0 Å². The lowest BCUT2D eigenvalue weighted by Crippen LogP contribution is -1.93. The van der Waals surface area contributed by atoms with Gasteiger partial charge in [-0.3, -0.25) is 0 Å². The van der Waals surface area contributed by atoms with Crippen molar-refractivity contribution in [1.82, 2.24) is 4.98 Å². The number of carboxylic acid groups (broad SMARTS) is 1. The van der Waals surface area contributed by atoms with E-state index in [2.05, 4.69) is 9.83 Å². The lowest BCUT2D eigenvalue weighted by Gasteiger charge is -1.92. The van der Waals surface area contributed by atoms with Gasteiger partial charge >= 0.3 is 5.97 Å². The Hall–Kier alpha value is -2.28. The predicted octanol–water partition coefficient (Wildman–Crippen LogP) is 2.42. The third kappa shape index (κ3) is 1.12. The van der Waals surface area contributed by atoms with E-state index in [9.17, 15) is 4.79 Å². The van der Waals surface area contributed by atoms with Crippen LogP contribution in [0.15, 0.2) is 24.4 Å². The summed E-state index contributed by atoms with van der Waals surface area (Å²) in [6.45, 7) is 6.82. The Morgan fingerprint density at radius 1 is 1.50 bits per heavy atom. The van der Waals surface area contributed by atoms with E-state index < -0.39 is 5.97 Å². The van der Waals surface area contributed by atoms with Crippen molar-refractivity contribution in [3.05, 3.63) is 41.4 Å². The molecule has 0 aliphatic carbocycles. The molecule has 0 aliphatic rings. The summed E-state index contributed by atoms with van der Waals surface area (Å²) in [5.74, 6) is -0.988. The molecular weight excluding hydrogens is 180 g/mol. The standard InChI is InChI=1S/C10H6N2O2/c1-11-6-2-3-9-7(4-6)8(5-12-9)10(13)14/h2-5,12H,(H,13,14). The van der Waals surface area contributed by atoms with Gasteiger partial charge in [-0.25, -0.2) is 9.64 Å². The van der Waals surface area contributed by atoms with Crippen molar-refractivity contribution in [1.29, 1.82) is 0 Å². The number of aromatic amines is 1. The van der Waals surface area contributed by atoms with Crippen LogP contribution in [-0.2, 0) is 0 Å². The number of carboxylic acids is 1. The van der Waals surface area contributed by atoms with Crippen LogP contribution in [0, 0.1) is 6.57 Å². The summed E-state index contributed by atoms with van der Waals surface area (Å²) in [6, 6.07) is 4.93. The molecule has 0 amide bonds. The number of carbonyl (C=O) groups is 1. The number of aromatic nitrogens is 1. The first-order valence-electron chi connectivity index (χ1n) is 3.94. The van der Waals surface area contributed by atoms with Crippen LogP contribution in [0.5, 0.6) is 0 Å². The highest BCUT2D eigenvalue weighted by molar-refractivity contribution is 6.04. The molecule has 68 valence electrons. The van der Waals surface area contributed by atoms with Crippen molar-refractivity contribution in [2.75, 3.05) is 0 Å². The van der Waals surface area contributed by atoms with E-state index in [1.54, 1.807) is 18.2 Å². The number of nitrogens with zero attached hydrogens (tertiary/aromatic N) is 1. The zero-order valence-electron chi connectivity index (χ0n) is 7.11.